The molecule has 0 saturated heterocycles. The molecule has 0 aliphatic carbocycles. The average molecular weight is 371 g/mol. The van der Waals surface area contributed by atoms with Crippen LogP contribution in [0.4, 0.5) is 0 Å². The van der Waals surface area contributed by atoms with Crippen molar-refractivity contribution in [3.8, 4) is 0 Å². The highest BCUT2D eigenvalue weighted by atomic mass is 79.9. The summed E-state index contributed by atoms with van der Waals surface area (Å²) in [7, 11) is 0. The van der Waals surface area contributed by atoms with Gasteiger partial charge < -0.3 is 0 Å². The van der Waals surface area contributed by atoms with Gasteiger partial charge in [-0.05, 0) is 46.1 Å². The van der Waals surface area contributed by atoms with Crippen LogP contribution in [0.15, 0.2) is 28.7 Å². The average Bonchev–Trinajstić information content (AvgIpc) is 2.62. The van der Waals surface area contributed by atoms with E-state index in [4.69, 9.17) is 34.8 Å². The van der Waals surface area contributed by atoms with Crippen LogP contribution < -0.4 is 0 Å². The molecular formula is C12H8BrCl3S. The molecule has 0 N–H and O–H groups in total. The van der Waals surface area contributed by atoms with Crippen LogP contribution in [0.3, 0.4) is 0 Å². The van der Waals surface area contributed by atoms with Gasteiger partial charge in [0.05, 0.1) is 5.38 Å². The third kappa shape index (κ3) is 2.82. The zero-order chi connectivity index (χ0) is 12.6. The second kappa shape index (κ2) is 5.50. The Hall–Kier alpha value is 0.270. The van der Waals surface area contributed by atoms with E-state index in [0.29, 0.717) is 4.34 Å². The van der Waals surface area contributed by atoms with Gasteiger partial charge in [-0.1, -0.05) is 35.3 Å². The van der Waals surface area contributed by atoms with Crippen molar-refractivity contribution in [1.29, 1.82) is 0 Å². The maximum absolute atomic E-state index is 6.47. The molecule has 1 atom stereocenters. The first-order chi connectivity index (χ1) is 8.00. The van der Waals surface area contributed by atoms with Crippen LogP contribution >= 0.6 is 62.1 Å². The number of hydrogen-bond acceptors (Lipinski definition) is 1. The van der Waals surface area contributed by atoms with Crippen LogP contribution in [0, 0.1) is 6.92 Å². The van der Waals surface area contributed by atoms with Gasteiger partial charge in [-0.2, -0.15) is 0 Å². The van der Waals surface area contributed by atoms with Gasteiger partial charge in [-0.3, -0.25) is 0 Å². The molecule has 17 heavy (non-hydrogen) atoms. The molecule has 0 spiro atoms. The first-order valence-electron chi connectivity index (χ1n) is 4.84. The van der Waals surface area contributed by atoms with E-state index in [0.717, 1.165) is 25.5 Å². The van der Waals surface area contributed by atoms with Crippen molar-refractivity contribution < 1.29 is 0 Å². The summed E-state index contributed by atoms with van der Waals surface area (Å²) in [5.41, 5.74) is 2.03. The van der Waals surface area contributed by atoms with Crippen molar-refractivity contribution in [3.05, 3.63) is 54.1 Å². The van der Waals surface area contributed by atoms with Crippen LogP contribution in [0.5, 0.6) is 0 Å². The van der Waals surface area contributed by atoms with E-state index in [9.17, 15) is 0 Å². The first-order valence-corrected chi connectivity index (χ1v) is 7.64. The molecule has 1 unspecified atom stereocenters. The fourth-order valence-corrected chi connectivity index (χ4v) is 3.89. The van der Waals surface area contributed by atoms with Gasteiger partial charge in [0, 0.05) is 14.4 Å². The highest BCUT2D eigenvalue weighted by Crippen LogP contribution is 2.41. The molecule has 0 amide bonds. The Bertz CT molecular complexity index is 531. The smallest absolute Gasteiger partial charge is 0.107 e. The summed E-state index contributed by atoms with van der Waals surface area (Å²) in [5.74, 6) is 0. The van der Waals surface area contributed by atoms with Gasteiger partial charge in [0.25, 0.3) is 0 Å². The largest absolute Gasteiger partial charge is 0.125 e. The van der Waals surface area contributed by atoms with Crippen molar-refractivity contribution in [3.63, 3.8) is 0 Å². The van der Waals surface area contributed by atoms with Crippen molar-refractivity contribution in [2.45, 2.75) is 12.3 Å². The predicted molar refractivity (Wildman–Crippen MR) is 80.9 cm³/mol. The fraction of sp³-hybridized carbons (Fsp3) is 0.167. The van der Waals surface area contributed by atoms with Crippen molar-refractivity contribution in [2.24, 2.45) is 0 Å². The molecule has 0 nitrogen and oxygen atoms in total. The molecule has 0 fully saturated rings. The molecule has 0 aliphatic rings. The quantitative estimate of drug-likeness (QED) is 0.533. The molecule has 1 aromatic heterocycles. The van der Waals surface area contributed by atoms with Crippen LogP contribution in [0.25, 0.3) is 0 Å². The summed E-state index contributed by atoms with van der Waals surface area (Å²) in [5, 5.41) is 0.511. The van der Waals surface area contributed by atoms with Gasteiger partial charge >= 0.3 is 0 Å². The van der Waals surface area contributed by atoms with Gasteiger partial charge in [0.15, 0.2) is 0 Å². The molecule has 0 bridgehead atoms. The number of hydrogen-bond donors (Lipinski definition) is 0. The van der Waals surface area contributed by atoms with E-state index in [1.165, 1.54) is 11.3 Å². The third-order valence-electron chi connectivity index (χ3n) is 2.50. The van der Waals surface area contributed by atoms with Crippen molar-refractivity contribution >= 4 is 62.1 Å². The minimum absolute atomic E-state index is 0.220. The van der Waals surface area contributed by atoms with Gasteiger partial charge in [-0.25, -0.2) is 0 Å². The Morgan fingerprint density at radius 2 is 2.00 bits per heavy atom. The second-order valence-corrected chi connectivity index (χ2v) is 6.97. The molecule has 0 aliphatic heterocycles. The molecule has 2 rings (SSSR count). The molecule has 0 saturated carbocycles. The molecule has 1 aromatic carbocycles. The number of thiophene rings is 1. The van der Waals surface area contributed by atoms with Gasteiger partial charge in [0.2, 0.25) is 0 Å². The van der Waals surface area contributed by atoms with Gasteiger partial charge in [-0.15, -0.1) is 22.9 Å². The molecule has 1 heterocycles. The summed E-state index contributed by atoms with van der Waals surface area (Å²) < 4.78 is 1.59. The summed E-state index contributed by atoms with van der Waals surface area (Å²) in [6.07, 6.45) is 0. The van der Waals surface area contributed by atoms with Crippen LogP contribution in [-0.2, 0) is 0 Å². The minimum atomic E-state index is -0.220. The van der Waals surface area contributed by atoms with Crippen LogP contribution in [0.1, 0.15) is 21.4 Å². The van der Waals surface area contributed by atoms with Crippen molar-refractivity contribution in [1.82, 2.24) is 0 Å². The first kappa shape index (κ1) is 13.7. The van der Waals surface area contributed by atoms with E-state index < -0.39 is 0 Å². The lowest BCUT2D eigenvalue weighted by Crippen LogP contribution is -1.94. The van der Waals surface area contributed by atoms with E-state index in [2.05, 4.69) is 15.9 Å². The Morgan fingerprint density at radius 3 is 2.59 bits per heavy atom. The summed E-state index contributed by atoms with van der Waals surface area (Å²) in [6.45, 7) is 1.97. The fourth-order valence-electron chi connectivity index (χ4n) is 1.54. The normalized spacial score (nSPS) is 12.8. The summed E-state index contributed by atoms with van der Waals surface area (Å²) >= 11 is 23.4. The van der Waals surface area contributed by atoms with Gasteiger partial charge in [0.1, 0.15) is 4.34 Å². The lowest BCUT2D eigenvalue weighted by Gasteiger charge is -2.12. The SMILES string of the molecule is Cc1c(Cl)cccc1C(Cl)c1cc(Br)c(Cl)s1. The Balaban J connectivity index is 2.43. The van der Waals surface area contributed by atoms with Crippen LogP contribution in [-0.4, -0.2) is 0 Å². The number of benzene rings is 1. The molecule has 5 heteroatoms. The zero-order valence-electron chi connectivity index (χ0n) is 8.81. The monoisotopic (exact) mass is 368 g/mol. The van der Waals surface area contributed by atoms with E-state index in [1.54, 1.807) is 0 Å². The zero-order valence-corrected chi connectivity index (χ0v) is 13.5. The lowest BCUT2D eigenvalue weighted by molar-refractivity contribution is 1.14. The minimum Gasteiger partial charge on any atom is -0.125 e. The van der Waals surface area contributed by atoms with E-state index >= 15 is 0 Å². The maximum atomic E-state index is 6.47. The lowest BCUT2D eigenvalue weighted by atomic mass is 10.0. The summed E-state index contributed by atoms with van der Waals surface area (Å²) in [4.78, 5) is 1.01. The van der Waals surface area contributed by atoms with E-state index in [1.807, 2.05) is 31.2 Å². The van der Waals surface area contributed by atoms with E-state index in [-0.39, 0.29) is 5.38 Å². The molecule has 90 valence electrons. The molecular weight excluding hydrogens is 362 g/mol. The number of rotatable bonds is 2. The molecule has 2 aromatic rings. The van der Waals surface area contributed by atoms with Crippen molar-refractivity contribution in [2.75, 3.05) is 0 Å². The summed E-state index contributed by atoms with van der Waals surface area (Å²) in [6, 6.07) is 7.71. The topological polar surface area (TPSA) is 0 Å². The standard InChI is InChI=1S/C12H8BrCl3S/c1-6-7(3-2-4-9(6)14)11(15)10-5-8(13)12(16)17-10/h2-5,11H,1H3. The Labute approximate surface area is 128 Å². The molecule has 0 radical (unpaired) electrons. The number of halogens is 4. The van der Waals surface area contributed by atoms with Crippen LogP contribution in [0.2, 0.25) is 9.36 Å². The number of alkyl halides is 1. The second-order valence-electron chi connectivity index (χ2n) is 3.59. The predicted octanol–water partition coefficient (Wildman–Crippen LogP) is 6.45. The Kier molecular flexibility index (Phi) is 4.43. The highest BCUT2D eigenvalue weighted by Gasteiger charge is 2.18. The highest BCUT2D eigenvalue weighted by molar-refractivity contribution is 9.10. The third-order valence-corrected chi connectivity index (χ3v) is 6.05. The Morgan fingerprint density at radius 1 is 1.29 bits per heavy atom. The maximum Gasteiger partial charge on any atom is 0.107 e.